The number of esters is 1. The average molecular weight is 371 g/mol. The Labute approximate surface area is 151 Å². The SMILES string of the molecule is CCOC(=O)c1ccc2nc(NC(=O)c3ccccc3[N+](=O)[O-])sc2c1. The summed E-state index contributed by atoms with van der Waals surface area (Å²) in [7, 11) is 0. The van der Waals surface area contributed by atoms with Crippen molar-refractivity contribution in [2.24, 2.45) is 0 Å². The summed E-state index contributed by atoms with van der Waals surface area (Å²) < 4.78 is 5.64. The maximum Gasteiger partial charge on any atom is 0.338 e. The topological polar surface area (TPSA) is 111 Å². The molecule has 3 rings (SSSR count). The number of carbonyl (C=O) groups is 2. The molecule has 1 amide bonds. The molecule has 9 heteroatoms. The minimum Gasteiger partial charge on any atom is -0.462 e. The van der Waals surface area contributed by atoms with E-state index in [2.05, 4.69) is 10.3 Å². The number of rotatable bonds is 5. The van der Waals surface area contributed by atoms with Crippen molar-refractivity contribution in [2.75, 3.05) is 11.9 Å². The number of hydrogen-bond donors (Lipinski definition) is 1. The fraction of sp³-hybridized carbons (Fsp3) is 0.118. The summed E-state index contributed by atoms with van der Waals surface area (Å²) >= 11 is 1.16. The van der Waals surface area contributed by atoms with Gasteiger partial charge in [0.25, 0.3) is 11.6 Å². The first kappa shape index (κ1) is 17.5. The molecule has 1 aromatic heterocycles. The van der Waals surface area contributed by atoms with Crippen LogP contribution in [-0.2, 0) is 4.74 Å². The lowest BCUT2D eigenvalue weighted by molar-refractivity contribution is -0.385. The number of nitrogens with zero attached hydrogens (tertiary/aromatic N) is 2. The monoisotopic (exact) mass is 371 g/mol. The minimum atomic E-state index is -0.623. The first-order chi connectivity index (χ1) is 12.5. The third-order valence-electron chi connectivity index (χ3n) is 3.47. The molecule has 0 bridgehead atoms. The quantitative estimate of drug-likeness (QED) is 0.416. The molecule has 0 atom stereocenters. The van der Waals surface area contributed by atoms with Crippen LogP contribution in [0, 0.1) is 10.1 Å². The van der Waals surface area contributed by atoms with Crippen molar-refractivity contribution in [1.82, 2.24) is 4.98 Å². The van der Waals surface area contributed by atoms with E-state index in [9.17, 15) is 19.7 Å². The Morgan fingerprint density at radius 3 is 2.77 bits per heavy atom. The fourth-order valence-electron chi connectivity index (χ4n) is 2.31. The molecule has 2 aromatic carbocycles. The Hall–Kier alpha value is -3.33. The number of para-hydroxylation sites is 1. The zero-order valence-corrected chi connectivity index (χ0v) is 14.4. The van der Waals surface area contributed by atoms with E-state index in [-0.39, 0.29) is 23.0 Å². The van der Waals surface area contributed by atoms with Gasteiger partial charge in [-0.3, -0.25) is 20.2 Å². The predicted octanol–water partition coefficient (Wildman–Crippen LogP) is 3.63. The number of ether oxygens (including phenoxy) is 1. The van der Waals surface area contributed by atoms with E-state index >= 15 is 0 Å². The van der Waals surface area contributed by atoms with Crippen molar-refractivity contribution in [1.29, 1.82) is 0 Å². The van der Waals surface area contributed by atoms with Gasteiger partial charge in [0.1, 0.15) is 5.56 Å². The summed E-state index contributed by atoms with van der Waals surface area (Å²) in [6.07, 6.45) is 0. The van der Waals surface area contributed by atoms with Gasteiger partial charge in [0, 0.05) is 6.07 Å². The molecule has 26 heavy (non-hydrogen) atoms. The number of amides is 1. The Morgan fingerprint density at radius 2 is 2.04 bits per heavy atom. The molecule has 3 aromatic rings. The first-order valence-corrected chi connectivity index (χ1v) is 8.43. The maximum atomic E-state index is 12.4. The second-order valence-electron chi connectivity index (χ2n) is 5.15. The number of nitrogens with one attached hydrogen (secondary N) is 1. The van der Waals surface area contributed by atoms with Crippen LogP contribution >= 0.6 is 11.3 Å². The third kappa shape index (κ3) is 3.52. The second-order valence-corrected chi connectivity index (χ2v) is 6.18. The van der Waals surface area contributed by atoms with E-state index in [1.807, 2.05) is 0 Å². The lowest BCUT2D eigenvalue weighted by Gasteiger charge is -2.02. The smallest absolute Gasteiger partial charge is 0.338 e. The van der Waals surface area contributed by atoms with Gasteiger partial charge in [0.15, 0.2) is 5.13 Å². The van der Waals surface area contributed by atoms with Gasteiger partial charge in [-0.2, -0.15) is 0 Å². The van der Waals surface area contributed by atoms with Gasteiger partial charge in [-0.1, -0.05) is 23.5 Å². The molecule has 0 unspecified atom stereocenters. The molecular weight excluding hydrogens is 358 g/mol. The number of anilines is 1. The van der Waals surface area contributed by atoms with Crippen LogP contribution in [0.4, 0.5) is 10.8 Å². The molecule has 0 fully saturated rings. The molecule has 0 aliphatic carbocycles. The van der Waals surface area contributed by atoms with Crippen LogP contribution in [0.3, 0.4) is 0 Å². The maximum absolute atomic E-state index is 12.4. The van der Waals surface area contributed by atoms with Crippen molar-refractivity contribution < 1.29 is 19.2 Å². The van der Waals surface area contributed by atoms with Crippen molar-refractivity contribution in [3.05, 3.63) is 63.7 Å². The van der Waals surface area contributed by atoms with Crippen molar-refractivity contribution >= 4 is 44.2 Å². The summed E-state index contributed by atoms with van der Waals surface area (Å²) in [5.74, 6) is -1.06. The summed E-state index contributed by atoms with van der Waals surface area (Å²) in [6.45, 7) is 2.00. The lowest BCUT2D eigenvalue weighted by Crippen LogP contribution is -2.13. The Morgan fingerprint density at radius 1 is 1.27 bits per heavy atom. The van der Waals surface area contributed by atoms with E-state index in [0.717, 1.165) is 11.3 Å². The van der Waals surface area contributed by atoms with Crippen LogP contribution in [-0.4, -0.2) is 28.4 Å². The molecule has 0 saturated heterocycles. The summed E-state index contributed by atoms with van der Waals surface area (Å²) in [4.78, 5) is 38.8. The number of aromatic nitrogens is 1. The molecule has 8 nitrogen and oxygen atoms in total. The number of nitro groups is 1. The highest BCUT2D eigenvalue weighted by Crippen LogP contribution is 2.28. The van der Waals surface area contributed by atoms with Crippen LogP contribution in [0.1, 0.15) is 27.6 Å². The van der Waals surface area contributed by atoms with Crippen molar-refractivity contribution in [2.45, 2.75) is 6.92 Å². The molecule has 1 N–H and O–H groups in total. The number of carbonyl (C=O) groups excluding carboxylic acids is 2. The Balaban J connectivity index is 1.86. The molecule has 1 heterocycles. The first-order valence-electron chi connectivity index (χ1n) is 7.62. The van der Waals surface area contributed by atoms with Gasteiger partial charge in [0.2, 0.25) is 0 Å². The van der Waals surface area contributed by atoms with Gasteiger partial charge in [-0.15, -0.1) is 0 Å². The van der Waals surface area contributed by atoms with Crippen molar-refractivity contribution in [3.63, 3.8) is 0 Å². The Kier molecular flexibility index (Phi) is 4.90. The molecule has 0 aliphatic heterocycles. The van der Waals surface area contributed by atoms with Gasteiger partial charge >= 0.3 is 5.97 Å². The predicted molar refractivity (Wildman–Crippen MR) is 96.6 cm³/mol. The van der Waals surface area contributed by atoms with Crippen molar-refractivity contribution in [3.8, 4) is 0 Å². The van der Waals surface area contributed by atoms with Crippen LogP contribution in [0.2, 0.25) is 0 Å². The number of benzene rings is 2. The summed E-state index contributed by atoms with van der Waals surface area (Å²) in [6, 6.07) is 10.5. The van der Waals surface area contributed by atoms with Crippen LogP contribution in [0.5, 0.6) is 0 Å². The zero-order chi connectivity index (χ0) is 18.7. The fourth-order valence-corrected chi connectivity index (χ4v) is 3.21. The molecule has 0 aliphatic rings. The molecule has 0 radical (unpaired) electrons. The third-order valence-corrected chi connectivity index (χ3v) is 4.40. The summed E-state index contributed by atoms with van der Waals surface area (Å²) in [5, 5.41) is 13.9. The van der Waals surface area contributed by atoms with E-state index in [0.29, 0.717) is 15.8 Å². The normalized spacial score (nSPS) is 10.5. The number of nitro benzene ring substituents is 1. The van der Waals surface area contributed by atoms with Crippen LogP contribution in [0.15, 0.2) is 42.5 Å². The largest absolute Gasteiger partial charge is 0.462 e. The lowest BCUT2D eigenvalue weighted by atomic mass is 10.1. The van der Waals surface area contributed by atoms with Gasteiger partial charge in [-0.25, -0.2) is 9.78 Å². The molecular formula is C17H13N3O5S. The van der Waals surface area contributed by atoms with Gasteiger partial charge in [0.05, 0.1) is 27.3 Å². The van der Waals surface area contributed by atoms with Crippen LogP contribution < -0.4 is 5.32 Å². The average Bonchev–Trinajstić information content (AvgIpc) is 3.03. The standard InChI is InChI=1S/C17H13N3O5S/c1-2-25-16(22)10-7-8-12-14(9-10)26-17(18-12)19-15(21)11-5-3-4-6-13(11)20(23)24/h3-9H,2H2,1H3,(H,18,19,21). The molecule has 0 spiro atoms. The van der Waals surface area contributed by atoms with Crippen LogP contribution in [0.25, 0.3) is 10.2 Å². The number of hydrogen-bond acceptors (Lipinski definition) is 7. The molecule has 132 valence electrons. The molecule has 0 saturated carbocycles. The van der Waals surface area contributed by atoms with Gasteiger partial charge < -0.3 is 4.74 Å². The highest BCUT2D eigenvalue weighted by molar-refractivity contribution is 7.22. The highest BCUT2D eigenvalue weighted by atomic mass is 32.1. The summed E-state index contributed by atoms with van der Waals surface area (Å²) in [5.41, 5.74) is 0.653. The number of fused-ring (bicyclic) bond motifs is 1. The Bertz CT molecular complexity index is 1010. The van der Waals surface area contributed by atoms with E-state index in [1.165, 1.54) is 18.2 Å². The van der Waals surface area contributed by atoms with E-state index in [4.69, 9.17) is 4.74 Å². The minimum absolute atomic E-state index is 0.0519. The van der Waals surface area contributed by atoms with E-state index < -0.39 is 16.8 Å². The van der Waals surface area contributed by atoms with Gasteiger partial charge in [-0.05, 0) is 31.2 Å². The highest BCUT2D eigenvalue weighted by Gasteiger charge is 2.20. The number of thiazole rings is 1. The van der Waals surface area contributed by atoms with E-state index in [1.54, 1.807) is 31.2 Å². The zero-order valence-electron chi connectivity index (χ0n) is 13.6. The second kappa shape index (κ2) is 7.28.